The summed E-state index contributed by atoms with van der Waals surface area (Å²) in [7, 11) is 0. The number of hydrogen-bond acceptors (Lipinski definition) is 0. The Bertz CT molecular complexity index is 350. The number of rotatable bonds is 2. The van der Waals surface area contributed by atoms with Crippen LogP contribution < -0.4 is 51.4 Å². The van der Waals surface area contributed by atoms with Gasteiger partial charge in [-0.05, 0) is 11.6 Å². The van der Waals surface area contributed by atoms with Crippen LogP contribution >= 0.6 is 0 Å². The van der Waals surface area contributed by atoms with Gasteiger partial charge in [0, 0.05) is 6.07 Å². The molecule has 0 saturated heterocycles. The Hall–Kier alpha value is 0.501. The van der Waals surface area contributed by atoms with Crippen molar-refractivity contribution in [1.29, 1.82) is 0 Å². The molecule has 0 N–H and O–H groups in total. The standard InChI is InChI=1S/C7H4BF6.K/c9-5-2-7(11)6(10)1-4(5)3-8(12,13)14;/h1-2H,3H2;/q-1;+1. The van der Waals surface area contributed by atoms with Crippen molar-refractivity contribution in [1.82, 2.24) is 0 Å². The third-order valence-corrected chi connectivity index (χ3v) is 1.54. The van der Waals surface area contributed by atoms with Crippen LogP contribution in [0.25, 0.3) is 0 Å². The molecule has 78 valence electrons. The first-order valence-corrected chi connectivity index (χ1v) is 3.64. The molecule has 0 fully saturated rings. The molecule has 0 radical (unpaired) electrons. The van der Waals surface area contributed by atoms with Gasteiger partial charge in [0.2, 0.25) is 0 Å². The summed E-state index contributed by atoms with van der Waals surface area (Å²) < 4.78 is 72.9. The number of benzene rings is 1. The Labute approximate surface area is 125 Å². The van der Waals surface area contributed by atoms with Crippen molar-refractivity contribution < 1.29 is 77.5 Å². The van der Waals surface area contributed by atoms with Crippen LogP contribution in [0, 0.1) is 17.5 Å². The molecule has 0 amide bonds. The van der Waals surface area contributed by atoms with Crippen LogP contribution in [0.15, 0.2) is 12.1 Å². The van der Waals surface area contributed by atoms with E-state index in [-0.39, 0.29) is 63.5 Å². The summed E-state index contributed by atoms with van der Waals surface area (Å²) in [5, 5.41) is 0. The summed E-state index contributed by atoms with van der Waals surface area (Å²) in [6.45, 7) is -5.26. The molecule has 0 bridgehead atoms. The zero-order valence-corrected chi connectivity index (χ0v) is 10.8. The van der Waals surface area contributed by atoms with E-state index in [1.165, 1.54) is 0 Å². The summed E-state index contributed by atoms with van der Waals surface area (Å²) in [5.41, 5.74) is -0.878. The first kappa shape index (κ1) is 15.5. The zero-order valence-electron chi connectivity index (χ0n) is 7.71. The van der Waals surface area contributed by atoms with Crippen molar-refractivity contribution in [3.8, 4) is 0 Å². The van der Waals surface area contributed by atoms with Crippen LogP contribution in [-0.2, 0) is 6.32 Å². The molecule has 15 heavy (non-hydrogen) atoms. The molecular weight excluding hydrogens is 248 g/mol. The number of halogens is 6. The fraction of sp³-hybridized carbons (Fsp3) is 0.143. The van der Waals surface area contributed by atoms with E-state index in [9.17, 15) is 26.1 Å². The van der Waals surface area contributed by atoms with Gasteiger partial charge in [0.25, 0.3) is 0 Å². The normalized spacial score (nSPS) is 11.1. The van der Waals surface area contributed by atoms with E-state index in [1.807, 2.05) is 0 Å². The minimum atomic E-state index is -5.26. The van der Waals surface area contributed by atoms with Crippen LogP contribution in [0.3, 0.4) is 0 Å². The maximum Gasteiger partial charge on any atom is 1.00 e. The molecule has 1 aromatic rings. The predicted molar refractivity (Wildman–Crippen MR) is 39.1 cm³/mol. The average molecular weight is 252 g/mol. The van der Waals surface area contributed by atoms with E-state index in [2.05, 4.69) is 0 Å². The van der Waals surface area contributed by atoms with Crippen LogP contribution in [0.2, 0.25) is 0 Å². The molecule has 0 spiro atoms. The van der Waals surface area contributed by atoms with Gasteiger partial charge < -0.3 is 12.9 Å². The van der Waals surface area contributed by atoms with E-state index < -0.39 is 36.3 Å². The van der Waals surface area contributed by atoms with Crippen molar-refractivity contribution in [3.05, 3.63) is 35.1 Å². The third kappa shape index (κ3) is 4.90. The Morgan fingerprint density at radius 2 is 1.33 bits per heavy atom. The molecule has 0 aromatic heterocycles. The van der Waals surface area contributed by atoms with Crippen molar-refractivity contribution in [3.63, 3.8) is 0 Å². The fourth-order valence-electron chi connectivity index (χ4n) is 0.970. The Morgan fingerprint density at radius 3 is 1.80 bits per heavy atom. The molecule has 0 saturated carbocycles. The monoisotopic (exact) mass is 252 g/mol. The van der Waals surface area contributed by atoms with Gasteiger partial charge in [-0.3, -0.25) is 0 Å². The first-order chi connectivity index (χ1) is 6.29. The molecule has 0 nitrogen and oxygen atoms in total. The van der Waals surface area contributed by atoms with E-state index in [1.54, 1.807) is 0 Å². The second-order valence-electron chi connectivity index (χ2n) is 2.77. The Morgan fingerprint density at radius 1 is 0.867 bits per heavy atom. The zero-order chi connectivity index (χ0) is 10.9. The average Bonchev–Trinajstić information content (AvgIpc) is 1.97. The second-order valence-corrected chi connectivity index (χ2v) is 2.77. The maximum atomic E-state index is 12.7. The molecule has 8 heteroatoms. The van der Waals surface area contributed by atoms with E-state index >= 15 is 0 Å². The minimum absolute atomic E-state index is 0. The van der Waals surface area contributed by atoms with Crippen LogP contribution in [0.1, 0.15) is 5.56 Å². The molecule has 0 aliphatic carbocycles. The fourth-order valence-corrected chi connectivity index (χ4v) is 0.970. The van der Waals surface area contributed by atoms with Gasteiger partial charge in [-0.25, -0.2) is 13.2 Å². The smallest absolute Gasteiger partial charge is 0.449 e. The Kier molecular flexibility index (Phi) is 5.91. The molecule has 1 aromatic carbocycles. The minimum Gasteiger partial charge on any atom is -0.449 e. The van der Waals surface area contributed by atoms with E-state index in [4.69, 9.17) is 0 Å². The molecule has 0 aliphatic heterocycles. The molecule has 0 aliphatic rings. The SMILES string of the molecule is Fc1cc(F)c(C[B-](F)(F)F)cc1F.[K+]. The third-order valence-electron chi connectivity index (χ3n) is 1.54. The maximum absolute atomic E-state index is 12.7. The van der Waals surface area contributed by atoms with Gasteiger partial charge in [-0.15, -0.1) is 0 Å². The van der Waals surface area contributed by atoms with Gasteiger partial charge in [0.1, 0.15) is 5.82 Å². The van der Waals surface area contributed by atoms with E-state index in [0.717, 1.165) is 0 Å². The molecule has 0 heterocycles. The van der Waals surface area contributed by atoms with Crippen molar-refractivity contribution in [2.24, 2.45) is 0 Å². The molecule has 0 unspecified atom stereocenters. The second kappa shape index (κ2) is 5.72. The molecule has 0 atom stereocenters. The summed E-state index contributed by atoms with van der Waals surface area (Å²) in [6.07, 6.45) is -1.55. The number of hydrogen-bond donors (Lipinski definition) is 0. The van der Waals surface area contributed by atoms with Gasteiger partial charge in [-0.2, -0.15) is 0 Å². The largest absolute Gasteiger partial charge is 1.00 e. The quantitative estimate of drug-likeness (QED) is 0.396. The topological polar surface area (TPSA) is 0 Å². The van der Waals surface area contributed by atoms with Crippen molar-refractivity contribution in [2.45, 2.75) is 6.32 Å². The van der Waals surface area contributed by atoms with Crippen molar-refractivity contribution >= 4 is 6.98 Å². The van der Waals surface area contributed by atoms with Crippen LogP contribution in [-0.4, -0.2) is 6.98 Å². The van der Waals surface area contributed by atoms with Crippen LogP contribution in [0.4, 0.5) is 26.1 Å². The van der Waals surface area contributed by atoms with Gasteiger partial charge >= 0.3 is 58.4 Å². The van der Waals surface area contributed by atoms with Crippen molar-refractivity contribution in [2.75, 3.05) is 0 Å². The molecular formula is C7H4BF6K. The van der Waals surface area contributed by atoms with Gasteiger partial charge in [0.05, 0.1) is 0 Å². The van der Waals surface area contributed by atoms with E-state index in [0.29, 0.717) is 0 Å². The summed E-state index contributed by atoms with van der Waals surface area (Å²) in [6, 6.07) is 0.326. The van der Waals surface area contributed by atoms with Gasteiger partial charge in [-0.1, -0.05) is 6.32 Å². The molecule has 1 rings (SSSR count). The summed E-state index contributed by atoms with van der Waals surface area (Å²) in [4.78, 5) is 0. The van der Waals surface area contributed by atoms with Crippen LogP contribution in [0.5, 0.6) is 0 Å². The summed E-state index contributed by atoms with van der Waals surface area (Å²) >= 11 is 0. The predicted octanol–water partition coefficient (Wildman–Crippen LogP) is 0.0370. The van der Waals surface area contributed by atoms with Gasteiger partial charge in [0.15, 0.2) is 11.6 Å². The summed E-state index contributed by atoms with van der Waals surface area (Å²) in [5.74, 6) is -4.37. The first-order valence-electron chi connectivity index (χ1n) is 3.64. The Balaban J connectivity index is 0.00000196.